The van der Waals surface area contributed by atoms with Crippen molar-refractivity contribution < 1.29 is 4.74 Å². The molecule has 128 valence electrons. The van der Waals surface area contributed by atoms with Crippen molar-refractivity contribution in [3.05, 3.63) is 59.8 Å². The summed E-state index contributed by atoms with van der Waals surface area (Å²) in [5, 5.41) is 14.5. The molecule has 0 saturated carbocycles. The lowest BCUT2D eigenvalue weighted by molar-refractivity contribution is 0.342. The highest BCUT2D eigenvalue weighted by atomic mass is 16.5. The number of benzene rings is 2. The van der Waals surface area contributed by atoms with Gasteiger partial charge in [0.2, 0.25) is 5.95 Å². The van der Waals surface area contributed by atoms with Gasteiger partial charge < -0.3 is 15.4 Å². The number of para-hydroxylation sites is 2. The molecule has 3 aromatic rings. The zero-order valence-electron chi connectivity index (χ0n) is 14.6. The Hall–Kier alpha value is -3.15. The van der Waals surface area contributed by atoms with E-state index >= 15 is 0 Å². The molecule has 0 aliphatic heterocycles. The normalized spacial score (nSPS) is 10.4. The fraction of sp³-hybridized carbons (Fsp3) is 0.211. The number of nitrogens with one attached hydrogen (secondary N) is 2. The minimum Gasteiger partial charge on any atom is -0.492 e. The van der Waals surface area contributed by atoms with Crippen LogP contribution in [-0.4, -0.2) is 21.8 Å². The van der Waals surface area contributed by atoms with E-state index in [-0.39, 0.29) is 0 Å². The summed E-state index contributed by atoms with van der Waals surface area (Å²) in [5.74, 6) is 1.78. The highest BCUT2D eigenvalue weighted by Gasteiger charge is 2.07. The van der Waals surface area contributed by atoms with Gasteiger partial charge >= 0.3 is 0 Å². The monoisotopic (exact) mass is 335 g/mol. The molecule has 0 bridgehead atoms. The SMILES string of the molecule is CCOc1ccccc1Nc1nncc(Nc2ccc(C)cc2C)n1. The number of aromatic nitrogens is 3. The first-order valence-electron chi connectivity index (χ1n) is 8.18. The first kappa shape index (κ1) is 16.7. The summed E-state index contributed by atoms with van der Waals surface area (Å²) in [4.78, 5) is 4.48. The van der Waals surface area contributed by atoms with Gasteiger partial charge in [0.05, 0.1) is 18.5 Å². The average Bonchev–Trinajstić information content (AvgIpc) is 2.60. The molecule has 3 rings (SSSR count). The Kier molecular flexibility index (Phi) is 5.09. The van der Waals surface area contributed by atoms with E-state index in [1.807, 2.05) is 37.3 Å². The van der Waals surface area contributed by atoms with Crippen LogP contribution in [0.25, 0.3) is 0 Å². The molecule has 0 amide bonds. The third-order valence-electron chi connectivity index (χ3n) is 3.64. The molecule has 2 N–H and O–H groups in total. The van der Waals surface area contributed by atoms with Crippen LogP contribution in [0.3, 0.4) is 0 Å². The van der Waals surface area contributed by atoms with Crippen LogP contribution in [-0.2, 0) is 0 Å². The highest BCUT2D eigenvalue weighted by molar-refractivity contribution is 5.64. The first-order chi connectivity index (χ1) is 12.2. The molecule has 0 unspecified atom stereocenters. The van der Waals surface area contributed by atoms with Crippen LogP contribution in [0.1, 0.15) is 18.1 Å². The van der Waals surface area contributed by atoms with E-state index in [4.69, 9.17) is 4.74 Å². The van der Waals surface area contributed by atoms with E-state index in [9.17, 15) is 0 Å². The van der Waals surface area contributed by atoms with E-state index in [0.717, 1.165) is 22.7 Å². The average molecular weight is 335 g/mol. The Morgan fingerprint density at radius 1 is 1.00 bits per heavy atom. The summed E-state index contributed by atoms with van der Waals surface area (Å²) >= 11 is 0. The molecule has 0 aliphatic rings. The molecular weight excluding hydrogens is 314 g/mol. The predicted molar refractivity (Wildman–Crippen MR) is 99.9 cm³/mol. The second-order valence-electron chi connectivity index (χ2n) is 5.66. The molecule has 6 nitrogen and oxygen atoms in total. The lowest BCUT2D eigenvalue weighted by atomic mass is 10.1. The molecule has 0 atom stereocenters. The largest absolute Gasteiger partial charge is 0.492 e. The lowest BCUT2D eigenvalue weighted by Gasteiger charge is -2.12. The van der Waals surface area contributed by atoms with Gasteiger partial charge in [-0.1, -0.05) is 29.8 Å². The number of anilines is 4. The van der Waals surface area contributed by atoms with Gasteiger partial charge in [0.25, 0.3) is 0 Å². The van der Waals surface area contributed by atoms with Gasteiger partial charge in [0.1, 0.15) is 5.75 Å². The molecule has 0 radical (unpaired) electrons. The van der Waals surface area contributed by atoms with Crippen LogP contribution < -0.4 is 15.4 Å². The van der Waals surface area contributed by atoms with Crippen molar-refractivity contribution in [3.63, 3.8) is 0 Å². The molecule has 0 spiro atoms. The van der Waals surface area contributed by atoms with Crippen molar-refractivity contribution in [1.82, 2.24) is 15.2 Å². The Labute approximate surface area is 147 Å². The minimum absolute atomic E-state index is 0.405. The Balaban J connectivity index is 1.80. The standard InChI is InChI=1S/C19H21N5O/c1-4-25-17-8-6-5-7-16(17)22-19-23-18(12-20-24-19)21-15-10-9-13(2)11-14(15)3/h5-12H,4H2,1-3H3,(H2,21,22,23,24). The smallest absolute Gasteiger partial charge is 0.249 e. The maximum Gasteiger partial charge on any atom is 0.249 e. The second-order valence-corrected chi connectivity index (χ2v) is 5.66. The van der Waals surface area contributed by atoms with Crippen molar-refractivity contribution in [3.8, 4) is 5.75 Å². The third-order valence-corrected chi connectivity index (χ3v) is 3.64. The minimum atomic E-state index is 0.405. The van der Waals surface area contributed by atoms with Crippen LogP contribution in [0.15, 0.2) is 48.7 Å². The van der Waals surface area contributed by atoms with Gasteiger partial charge in [-0.25, -0.2) is 0 Å². The van der Waals surface area contributed by atoms with Gasteiger partial charge in [0.15, 0.2) is 5.82 Å². The van der Waals surface area contributed by atoms with Crippen LogP contribution >= 0.6 is 0 Å². The summed E-state index contributed by atoms with van der Waals surface area (Å²) < 4.78 is 5.61. The molecule has 0 saturated heterocycles. The molecule has 0 aliphatic carbocycles. The summed E-state index contributed by atoms with van der Waals surface area (Å²) in [6.45, 7) is 6.66. The molecular formula is C19H21N5O. The Morgan fingerprint density at radius 2 is 1.84 bits per heavy atom. The van der Waals surface area contributed by atoms with Crippen LogP contribution in [0, 0.1) is 13.8 Å². The zero-order chi connectivity index (χ0) is 17.6. The maximum atomic E-state index is 5.61. The number of nitrogens with zero attached hydrogens (tertiary/aromatic N) is 3. The molecule has 1 heterocycles. The van der Waals surface area contributed by atoms with Crippen LogP contribution in [0.5, 0.6) is 5.75 Å². The summed E-state index contributed by atoms with van der Waals surface area (Å²) in [6.07, 6.45) is 1.60. The van der Waals surface area contributed by atoms with E-state index in [1.54, 1.807) is 6.20 Å². The van der Waals surface area contributed by atoms with Gasteiger partial charge in [0, 0.05) is 5.69 Å². The predicted octanol–water partition coefficient (Wildman–Crippen LogP) is 4.37. The maximum absolute atomic E-state index is 5.61. The number of aryl methyl sites for hydroxylation is 2. The van der Waals surface area contributed by atoms with Crippen LogP contribution in [0.2, 0.25) is 0 Å². The molecule has 25 heavy (non-hydrogen) atoms. The van der Waals surface area contributed by atoms with Gasteiger partial charge in [-0.2, -0.15) is 10.1 Å². The summed E-state index contributed by atoms with van der Waals surface area (Å²) in [5.41, 5.74) is 4.16. The number of rotatable bonds is 6. The summed E-state index contributed by atoms with van der Waals surface area (Å²) in [6, 6.07) is 13.9. The lowest BCUT2D eigenvalue weighted by Crippen LogP contribution is -2.04. The highest BCUT2D eigenvalue weighted by Crippen LogP contribution is 2.26. The fourth-order valence-electron chi connectivity index (χ4n) is 2.48. The van der Waals surface area contributed by atoms with E-state index in [2.05, 4.69) is 51.8 Å². The fourth-order valence-corrected chi connectivity index (χ4v) is 2.48. The summed E-state index contributed by atoms with van der Waals surface area (Å²) in [7, 11) is 0. The number of hydrogen-bond donors (Lipinski definition) is 2. The van der Waals surface area contributed by atoms with E-state index in [1.165, 1.54) is 5.56 Å². The van der Waals surface area contributed by atoms with Crippen molar-refractivity contribution in [2.45, 2.75) is 20.8 Å². The van der Waals surface area contributed by atoms with Gasteiger partial charge in [-0.15, -0.1) is 5.10 Å². The molecule has 6 heteroatoms. The van der Waals surface area contributed by atoms with E-state index in [0.29, 0.717) is 18.4 Å². The quantitative estimate of drug-likeness (QED) is 0.697. The molecule has 2 aromatic carbocycles. The topological polar surface area (TPSA) is 72.0 Å². The Bertz CT molecular complexity index is 866. The molecule has 1 aromatic heterocycles. The van der Waals surface area contributed by atoms with Gasteiger partial charge in [-0.05, 0) is 44.5 Å². The second kappa shape index (κ2) is 7.61. The zero-order valence-corrected chi connectivity index (χ0v) is 14.6. The molecule has 0 fully saturated rings. The van der Waals surface area contributed by atoms with Crippen LogP contribution in [0.4, 0.5) is 23.1 Å². The van der Waals surface area contributed by atoms with Crippen molar-refractivity contribution in [2.24, 2.45) is 0 Å². The number of hydrogen-bond acceptors (Lipinski definition) is 6. The van der Waals surface area contributed by atoms with Crippen molar-refractivity contribution in [1.29, 1.82) is 0 Å². The van der Waals surface area contributed by atoms with Gasteiger partial charge in [-0.3, -0.25) is 0 Å². The first-order valence-corrected chi connectivity index (χ1v) is 8.18. The van der Waals surface area contributed by atoms with E-state index < -0.39 is 0 Å². The van der Waals surface area contributed by atoms with Crippen molar-refractivity contribution in [2.75, 3.05) is 17.2 Å². The number of ether oxygens (including phenoxy) is 1. The third kappa shape index (κ3) is 4.23. The Morgan fingerprint density at radius 3 is 2.64 bits per heavy atom. The van der Waals surface area contributed by atoms with Crippen molar-refractivity contribution >= 4 is 23.1 Å².